The van der Waals surface area contributed by atoms with Gasteiger partial charge in [-0.1, -0.05) is 11.6 Å². The molecule has 0 radical (unpaired) electrons. The number of hydrogen-bond donors (Lipinski definition) is 2. The molecule has 5 heteroatoms. The molecule has 2 N–H and O–H groups in total. The van der Waals surface area contributed by atoms with Gasteiger partial charge in [0.25, 0.3) is 5.91 Å². The topological polar surface area (TPSA) is 71.5 Å². The average molecular weight is 328 g/mol. The smallest absolute Gasteiger partial charge is 0.252 e. The number of aryl methyl sites for hydroxylation is 2. The Labute approximate surface area is 142 Å². The van der Waals surface area contributed by atoms with Gasteiger partial charge in [0.05, 0.1) is 23.8 Å². The van der Waals surface area contributed by atoms with Gasteiger partial charge in [-0.2, -0.15) is 0 Å². The summed E-state index contributed by atoms with van der Waals surface area (Å²) < 4.78 is 4.89. The van der Waals surface area contributed by atoms with Gasteiger partial charge in [-0.05, 0) is 44.4 Å². The summed E-state index contributed by atoms with van der Waals surface area (Å²) in [5, 5.41) is 13.4. The molecule has 24 heavy (non-hydrogen) atoms. The molecule has 1 amide bonds. The van der Waals surface area contributed by atoms with E-state index in [0.29, 0.717) is 11.5 Å². The fourth-order valence-electron chi connectivity index (χ4n) is 3.03. The molecule has 2 aromatic rings. The van der Waals surface area contributed by atoms with Gasteiger partial charge >= 0.3 is 0 Å². The van der Waals surface area contributed by atoms with Crippen LogP contribution in [0.1, 0.15) is 45.9 Å². The fraction of sp³-hybridized carbons (Fsp3) is 0.474. The number of methoxy groups -OCH3 is 1. The van der Waals surface area contributed by atoms with Crippen LogP contribution >= 0.6 is 0 Å². The number of amides is 1. The third-order valence-electron chi connectivity index (χ3n) is 4.37. The normalized spacial score (nSPS) is 15.5. The number of ether oxygens (including phenoxy) is 1. The van der Waals surface area contributed by atoms with Crippen LogP contribution in [-0.2, 0) is 4.74 Å². The monoisotopic (exact) mass is 328 g/mol. The highest BCUT2D eigenvalue weighted by Crippen LogP contribution is 2.40. The molecule has 1 aromatic heterocycles. The summed E-state index contributed by atoms with van der Waals surface area (Å²) in [6.07, 6.45) is 1.56. The lowest BCUT2D eigenvalue weighted by Gasteiger charge is -2.14. The number of pyridine rings is 1. The van der Waals surface area contributed by atoms with Gasteiger partial charge in [0, 0.05) is 30.7 Å². The van der Waals surface area contributed by atoms with Crippen molar-refractivity contribution in [1.82, 2.24) is 10.3 Å². The van der Waals surface area contributed by atoms with Crippen molar-refractivity contribution in [1.29, 1.82) is 0 Å². The van der Waals surface area contributed by atoms with Crippen molar-refractivity contribution >= 4 is 16.8 Å². The molecule has 1 fully saturated rings. The van der Waals surface area contributed by atoms with Crippen LogP contribution in [0.25, 0.3) is 10.9 Å². The maximum absolute atomic E-state index is 12.7. The zero-order valence-corrected chi connectivity index (χ0v) is 14.4. The minimum Gasteiger partial charge on any atom is -0.389 e. The predicted octanol–water partition coefficient (Wildman–Crippen LogP) is 2.47. The Bertz CT molecular complexity index is 769. The van der Waals surface area contributed by atoms with Crippen molar-refractivity contribution in [2.75, 3.05) is 20.3 Å². The molecule has 0 spiro atoms. The van der Waals surface area contributed by atoms with Crippen molar-refractivity contribution in [2.45, 2.75) is 38.7 Å². The number of carbonyl (C=O) groups is 1. The quantitative estimate of drug-likeness (QED) is 0.854. The number of aliphatic hydroxyl groups excluding tert-OH is 1. The molecule has 0 saturated heterocycles. The van der Waals surface area contributed by atoms with Gasteiger partial charge < -0.3 is 15.2 Å². The summed E-state index contributed by atoms with van der Waals surface area (Å²) in [6, 6.07) is 6.01. The van der Waals surface area contributed by atoms with Crippen LogP contribution in [0, 0.1) is 13.8 Å². The molecule has 1 saturated carbocycles. The largest absolute Gasteiger partial charge is 0.389 e. The number of nitrogens with zero attached hydrogens (tertiary/aromatic N) is 1. The fourth-order valence-corrected chi connectivity index (χ4v) is 3.03. The zero-order chi connectivity index (χ0) is 17.3. The number of aromatic nitrogens is 1. The maximum atomic E-state index is 12.7. The summed E-state index contributed by atoms with van der Waals surface area (Å²) >= 11 is 0. The number of fused-ring (bicyclic) bond motifs is 1. The Kier molecular flexibility index (Phi) is 4.83. The highest BCUT2D eigenvalue weighted by molar-refractivity contribution is 6.07. The van der Waals surface area contributed by atoms with Crippen molar-refractivity contribution in [3.8, 4) is 0 Å². The van der Waals surface area contributed by atoms with E-state index in [2.05, 4.69) is 11.4 Å². The van der Waals surface area contributed by atoms with E-state index in [9.17, 15) is 9.90 Å². The molecular formula is C19H24N2O3. The summed E-state index contributed by atoms with van der Waals surface area (Å²) in [6.45, 7) is 4.41. The number of nitrogens with one attached hydrogen (secondary N) is 1. The average Bonchev–Trinajstić information content (AvgIpc) is 3.37. The van der Waals surface area contributed by atoms with E-state index in [-0.39, 0.29) is 19.1 Å². The van der Waals surface area contributed by atoms with Crippen LogP contribution in [0.15, 0.2) is 18.2 Å². The van der Waals surface area contributed by atoms with E-state index in [4.69, 9.17) is 9.72 Å². The van der Waals surface area contributed by atoms with Gasteiger partial charge in [0.15, 0.2) is 0 Å². The van der Waals surface area contributed by atoms with E-state index >= 15 is 0 Å². The predicted molar refractivity (Wildman–Crippen MR) is 93.4 cm³/mol. The van der Waals surface area contributed by atoms with Crippen LogP contribution < -0.4 is 5.32 Å². The van der Waals surface area contributed by atoms with Crippen LogP contribution in [0.5, 0.6) is 0 Å². The maximum Gasteiger partial charge on any atom is 0.252 e. The number of carbonyl (C=O) groups excluding carboxylic acids is 1. The van der Waals surface area contributed by atoms with E-state index in [0.717, 1.165) is 40.6 Å². The molecule has 0 aliphatic heterocycles. The lowest BCUT2D eigenvalue weighted by atomic mass is 10.00. The van der Waals surface area contributed by atoms with Crippen LogP contribution in [-0.4, -0.2) is 42.4 Å². The molecule has 3 rings (SSSR count). The van der Waals surface area contributed by atoms with Crippen molar-refractivity contribution < 1.29 is 14.6 Å². The first-order valence-electron chi connectivity index (χ1n) is 8.36. The molecule has 1 aliphatic rings. The Hall–Kier alpha value is -1.98. The third kappa shape index (κ3) is 3.57. The first-order chi connectivity index (χ1) is 11.5. The van der Waals surface area contributed by atoms with Crippen LogP contribution in [0.2, 0.25) is 0 Å². The standard InChI is InChI=1S/C19H24N2O3/c1-11-6-12(2)18-15(7-11)16(8-17(21-18)13-4-5-13)19(23)20-9-14(22)10-24-3/h6-8,13-14,22H,4-5,9-10H2,1-3H3,(H,20,23). The highest BCUT2D eigenvalue weighted by Gasteiger charge is 2.27. The molecule has 128 valence electrons. The van der Waals surface area contributed by atoms with Crippen LogP contribution in [0.4, 0.5) is 0 Å². The Balaban J connectivity index is 1.97. The minimum atomic E-state index is -0.710. The van der Waals surface area contributed by atoms with E-state index in [1.807, 2.05) is 26.0 Å². The molecule has 0 bridgehead atoms. The Morgan fingerprint density at radius 3 is 2.79 bits per heavy atom. The van der Waals surface area contributed by atoms with E-state index < -0.39 is 6.10 Å². The highest BCUT2D eigenvalue weighted by atomic mass is 16.5. The zero-order valence-electron chi connectivity index (χ0n) is 14.4. The van der Waals surface area contributed by atoms with Crippen molar-refractivity contribution in [3.05, 3.63) is 40.6 Å². The van der Waals surface area contributed by atoms with Gasteiger partial charge in [-0.15, -0.1) is 0 Å². The molecule has 1 heterocycles. The second kappa shape index (κ2) is 6.87. The second-order valence-electron chi connectivity index (χ2n) is 6.67. The summed E-state index contributed by atoms with van der Waals surface area (Å²) in [5.41, 5.74) is 4.72. The summed E-state index contributed by atoms with van der Waals surface area (Å²) in [7, 11) is 1.52. The molecule has 1 unspecified atom stereocenters. The molecular weight excluding hydrogens is 304 g/mol. The summed E-state index contributed by atoms with van der Waals surface area (Å²) in [4.78, 5) is 17.5. The summed E-state index contributed by atoms with van der Waals surface area (Å²) in [5.74, 6) is 0.296. The number of hydrogen-bond acceptors (Lipinski definition) is 4. The lowest BCUT2D eigenvalue weighted by molar-refractivity contribution is 0.0610. The SMILES string of the molecule is COCC(O)CNC(=O)c1cc(C2CC2)nc2c(C)cc(C)cc12. The van der Waals surface area contributed by atoms with E-state index in [1.165, 1.54) is 7.11 Å². The first-order valence-corrected chi connectivity index (χ1v) is 8.36. The number of benzene rings is 1. The Morgan fingerprint density at radius 1 is 1.38 bits per heavy atom. The van der Waals surface area contributed by atoms with Crippen LogP contribution in [0.3, 0.4) is 0 Å². The third-order valence-corrected chi connectivity index (χ3v) is 4.37. The lowest BCUT2D eigenvalue weighted by Crippen LogP contribution is -2.34. The molecule has 1 aliphatic carbocycles. The molecule has 1 aromatic carbocycles. The van der Waals surface area contributed by atoms with E-state index in [1.54, 1.807) is 0 Å². The van der Waals surface area contributed by atoms with Gasteiger partial charge in [0.2, 0.25) is 0 Å². The Morgan fingerprint density at radius 2 is 2.12 bits per heavy atom. The van der Waals surface area contributed by atoms with Gasteiger partial charge in [-0.25, -0.2) is 0 Å². The minimum absolute atomic E-state index is 0.167. The second-order valence-corrected chi connectivity index (χ2v) is 6.67. The number of aliphatic hydroxyl groups is 1. The first kappa shape index (κ1) is 16.9. The number of rotatable bonds is 6. The van der Waals surface area contributed by atoms with Crippen molar-refractivity contribution in [2.24, 2.45) is 0 Å². The van der Waals surface area contributed by atoms with Crippen molar-refractivity contribution in [3.63, 3.8) is 0 Å². The molecule has 1 atom stereocenters. The van der Waals surface area contributed by atoms with Gasteiger partial charge in [0.1, 0.15) is 0 Å². The molecule has 5 nitrogen and oxygen atoms in total. The van der Waals surface area contributed by atoms with Gasteiger partial charge in [-0.3, -0.25) is 9.78 Å².